The number of anilines is 1. The van der Waals surface area contributed by atoms with Crippen LogP contribution in [-0.2, 0) is 0 Å². The Hall–Kier alpha value is -1.86. The molecule has 0 spiro atoms. The van der Waals surface area contributed by atoms with Crippen molar-refractivity contribution in [2.45, 2.75) is 25.8 Å². The van der Waals surface area contributed by atoms with E-state index in [0.29, 0.717) is 37.8 Å². The van der Waals surface area contributed by atoms with E-state index in [1.165, 1.54) is 23.1 Å². The van der Waals surface area contributed by atoms with Gasteiger partial charge in [-0.25, -0.2) is 9.18 Å². The molecule has 3 amide bonds. The third-order valence-electron chi connectivity index (χ3n) is 4.86. The lowest BCUT2D eigenvalue weighted by molar-refractivity contribution is 0.0569. The van der Waals surface area contributed by atoms with Gasteiger partial charge in [0.05, 0.1) is 5.56 Å². The zero-order valence-corrected chi connectivity index (χ0v) is 15.0. The number of rotatable bonds is 3. The molecular weight excluding hydrogens is 347 g/mol. The largest absolute Gasteiger partial charge is 0.336 e. The number of likely N-dealkylation sites (tertiary alicyclic amines) is 1. The Kier molecular flexibility index (Phi) is 6.24. The van der Waals surface area contributed by atoms with E-state index >= 15 is 0 Å². The van der Waals surface area contributed by atoms with Crippen molar-refractivity contribution in [1.29, 1.82) is 0 Å². The van der Waals surface area contributed by atoms with Gasteiger partial charge in [0.15, 0.2) is 0 Å². The van der Waals surface area contributed by atoms with Crippen molar-refractivity contribution >= 4 is 30.0 Å². The number of nitrogens with zero attached hydrogens (tertiary/aromatic N) is 2. The van der Waals surface area contributed by atoms with E-state index < -0.39 is 5.82 Å². The van der Waals surface area contributed by atoms with Crippen LogP contribution in [0.15, 0.2) is 18.2 Å². The lowest BCUT2D eigenvalue weighted by atomic mass is 9.92. The fraction of sp³-hybridized carbons (Fsp3) is 0.529. The molecule has 3 rings (SSSR count). The summed E-state index contributed by atoms with van der Waals surface area (Å²) in [5.41, 5.74) is 6.34. The molecule has 2 saturated heterocycles. The number of carbonyl (C=O) groups excluding carboxylic acids is 2. The molecule has 1 aromatic carbocycles. The Morgan fingerprint density at radius 3 is 2.80 bits per heavy atom. The Morgan fingerprint density at radius 1 is 1.40 bits per heavy atom. The predicted octanol–water partition coefficient (Wildman–Crippen LogP) is 1.98. The fourth-order valence-corrected chi connectivity index (χ4v) is 3.46. The summed E-state index contributed by atoms with van der Waals surface area (Å²) in [7, 11) is 0. The van der Waals surface area contributed by atoms with E-state index in [2.05, 4.69) is 12.2 Å². The lowest BCUT2D eigenvalue weighted by Gasteiger charge is -2.38. The van der Waals surface area contributed by atoms with Gasteiger partial charge < -0.3 is 16.0 Å². The molecule has 25 heavy (non-hydrogen) atoms. The van der Waals surface area contributed by atoms with Crippen molar-refractivity contribution < 1.29 is 14.0 Å². The van der Waals surface area contributed by atoms with Gasteiger partial charge in [-0.15, -0.1) is 12.4 Å². The second-order valence-electron chi connectivity index (χ2n) is 6.57. The summed E-state index contributed by atoms with van der Waals surface area (Å²) in [6.07, 6.45) is 1.72. The second kappa shape index (κ2) is 8.01. The Balaban J connectivity index is 0.00000225. The standard InChI is InChI=1S/C17H23FN4O2.ClH/c1-11-4-6-21(13(8-11)10-19)16(23)14-9-12(2-3-15(14)18)22-7-5-20-17(22)24;/h2-3,9,11,13H,4-8,10,19H2,1H3,(H,20,24);1H. The smallest absolute Gasteiger partial charge is 0.321 e. The zero-order chi connectivity index (χ0) is 17.3. The normalized spacial score (nSPS) is 23.2. The summed E-state index contributed by atoms with van der Waals surface area (Å²) >= 11 is 0. The number of carbonyl (C=O) groups is 2. The summed E-state index contributed by atoms with van der Waals surface area (Å²) < 4.78 is 14.3. The maximum Gasteiger partial charge on any atom is 0.321 e. The third-order valence-corrected chi connectivity index (χ3v) is 4.86. The number of nitrogens with two attached hydrogens (primary N) is 1. The highest BCUT2D eigenvalue weighted by Gasteiger charge is 2.31. The van der Waals surface area contributed by atoms with Crippen molar-refractivity contribution in [3.63, 3.8) is 0 Å². The topological polar surface area (TPSA) is 78.7 Å². The molecule has 138 valence electrons. The maximum atomic E-state index is 14.3. The molecule has 2 fully saturated rings. The van der Waals surface area contributed by atoms with Crippen molar-refractivity contribution in [3.05, 3.63) is 29.6 Å². The first-order valence-electron chi connectivity index (χ1n) is 8.37. The van der Waals surface area contributed by atoms with Crippen molar-refractivity contribution in [2.24, 2.45) is 11.7 Å². The van der Waals surface area contributed by atoms with Crippen LogP contribution in [0.3, 0.4) is 0 Å². The van der Waals surface area contributed by atoms with Crippen LogP contribution in [-0.4, -0.2) is 49.1 Å². The average Bonchev–Trinajstić information content (AvgIpc) is 3.00. The van der Waals surface area contributed by atoms with E-state index in [9.17, 15) is 14.0 Å². The van der Waals surface area contributed by atoms with E-state index in [1.807, 2.05) is 0 Å². The summed E-state index contributed by atoms with van der Waals surface area (Å²) in [4.78, 5) is 27.8. The monoisotopic (exact) mass is 370 g/mol. The van der Waals surface area contributed by atoms with Gasteiger partial charge in [-0.1, -0.05) is 6.92 Å². The molecule has 2 unspecified atom stereocenters. The van der Waals surface area contributed by atoms with Gasteiger partial charge in [0.25, 0.3) is 5.91 Å². The number of hydrogen-bond donors (Lipinski definition) is 2. The minimum absolute atomic E-state index is 0. The molecular formula is C17H24ClFN4O2. The summed E-state index contributed by atoms with van der Waals surface area (Å²) in [5.74, 6) is -0.416. The molecule has 2 heterocycles. The van der Waals surface area contributed by atoms with Crippen molar-refractivity contribution in [2.75, 3.05) is 31.1 Å². The number of amides is 3. The van der Waals surface area contributed by atoms with Gasteiger partial charge in [-0.2, -0.15) is 0 Å². The van der Waals surface area contributed by atoms with E-state index in [-0.39, 0.29) is 36.0 Å². The molecule has 0 saturated carbocycles. The maximum absolute atomic E-state index is 14.3. The second-order valence-corrected chi connectivity index (χ2v) is 6.57. The molecule has 1 aromatic rings. The number of benzene rings is 1. The van der Waals surface area contributed by atoms with Gasteiger partial charge in [-0.05, 0) is 37.0 Å². The van der Waals surface area contributed by atoms with E-state index in [1.54, 1.807) is 4.90 Å². The molecule has 2 aliphatic heterocycles. The fourth-order valence-electron chi connectivity index (χ4n) is 3.46. The Labute approximate surface area is 152 Å². The molecule has 2 atom stereocenters. The van der Waals surface area contributed by atoms with Gasteiger partial charge in [0.1, 0.15) is 5.82 Å². The highest BCUT2D eigenvalue weighted by Crippen LogP contribution is 2.26. The lowest BCUT2D eigenvalue weighted by Crippen LogP contribution is -2.49. The molecule has 6 nitrogen and oxygen atoms in total. The van der Waals surface area contributed by atoms with Crippen LogP contribution in [0.1, 0.15) is 30.1 Å². The molecule has 0 aliphatic carbocycles. The quantitative estimate of drug-likeness (QED) is 0.853. The van der Waals surface area contributed by atoms with Crippen LogP contribution in [0, 0.1) is 11.7 Å². The average molecular weight is 371 g/mol. The van der Waals surface area contributed by atoms with Gasteiger partial charge in [0.2, 0.25) is 0 Å². The SMILES string of the molecule is CC1CCN(C(=O)c2cc(N3CCNC3=O)ccc2F)C(CN)C1.Cl. The van der Waals surface area contributed by atoms with Crippen LogP contribution in [0.4, 0.5) is 14.9 Å². The highest BCUT2D eigenvalue weighted by atomic mass is 35.5. The molecule has 0 aromatic heterocycles. The highest BCUT2D eigenvalue weighted by molar-refractivity contribution is 5.98. The third kappa shape index (κ3) is 3.88. The van der Waals surface area contributed by atoms with Crippen LogP contribution in [0.2, 0.25) is 0 Å². The minimum atomic E-state index is -0.572. The number of nitrogens with one attached hydrogen (secondary N) is 1. The molecule has 2 aliphatic rings. The number of piperidine rings is 1. The summed E-state index contributed by atoms with van der Waals surface area (Å²) in [6, 6.07) is 3.94. The van der Waals surface area contributed by atoms with Crippen LogP contribution < -0.4 is 16.0 Å². The summed E-state index contributed by atoms with van der Waals surface area (Å²) in [5, 5.41) is 2.70. The first kappa shape index (κ1) is 19.5. The van der Waals surface area contributed by atoms with E-state index in [4.69, 9.17) is 5.73 Å². The first-order valence-corrected chi connectivity index (χ1v) is 8.37. The molecule has 0 bridgehead atoms. The molecule has 3 N–H and O–H groups in total. The first-order chi connectivity index (χ1) is 11.5. The molecule has 0 radical (unpaired) electrons. The van der Waals surface area contributed by atoms with Crippen LogP contribution in [0.25, 0.3) is 0 Å². The predicted molar refractivity (Wildman–Crippen MR) is 96.7 cm³/mol. The van der Waals surface area contributed by atoms with Gasteiger partial charge >= 0.3 is 6.03 Å². The van der Waals surface area contributed by atoms with Crippen LogP contribution >= 0.6 is 12.4 Å². The van der Waals surface area contributed by atoms with Gasteiger partial charge in [0, 0.05) is 37.9 Å². The number of hydrogen-bond acceptors (Lipinski definition) is 3. The number of urea groups is 1. The van der Waals surface area contributed by atoms with Crippen molar-refractivity contribution in [1.82, 2.24) is 10.2 Å². The summed E-state index contributed by atoms with van der Waals surface area (Å²) in [6.45, 7) is 4.13. The van der Waals surface area contributed by atoms with E-state index in [0.717, 1.165) is 12.8 Å². The number of halogens is 2. The van der Waals surface area contributed by atoms with Crippen molar-refractivity contribution in [3.8, 4) is 0 Å². The minimum Gasteiger partial charge on any atom is -0.336 e. The Morgan fingerprint density at radius 2 is 2.16 bits per heavy atom. The van der Waals surface area contributed by atoms with Crippen LogP contribution in [0.5, 0.6) is 0 Å². The van der Waals surface area contributed by atoms with Gasteiger partial charge in [-0.3, -0.25) is 9.69 Å². The molecule has 8 heteroatoms. The Bertz CT molecular complexity index is 658. The zero-order valence-electron chi connectivity index (χ0n) is 14.2.